The van der Waals surface area contributed by atoms with Gasteiger partial charge < -0.3 is 20.8 Å². The maximum atomic E-state index is 13.3. The predicted molar refractivity (Wildman–Crippen MR) is 104 cm³/mol. The lowest BCUT2D eigenvalue weighted by Gasteiger charge is -2.21. The van der Waals surface area contributed by atoms with Crippen LogP contribution in [-0.2, 0) is 4.79 Å². The molecule has 1 aliphatic carbocycles. The van der Waals surface area contributed by atoms with Crippen molar-refractivity contribution in [3.05, 3.63) is 47.5 Å². The summed E-state index contributed by atoms with van der Waals surface area (Å²) < 4.78 is 18.5. The lowest BCUT2D eigenvalue weighted by molar-refractivity contribution is -0.123. The first-order valence-corrected chi connectivity index (χ1v) is 9.46. The summed E-state index contributed by atoms with van der Waals surface area (Å²) in [6.45, 7) is 1.80. The zero-order valence-corrected chi connectivity index (χ0v) is 16.1. The fourth-order valence-corrected chi connectivity index (χ4v) is 3.76. The first-order chi connectivity index (χ1) is 13.9. The van der Waals surface area contributed by atoms with E-state index in [9.17, 15) is 14.0 Å². The lowest BCUT2D eigenvalue weighted by atomic mass is 9.99. The van der Waals surface area contributed by atoms with Gasteiger partial charge in [0.2, 0.25) is 5.91 Å². The number of amides is 2. The fraction of sp³-hybridized carbons (Fsp3) is 0.381. The Bertz CT molecular complexity index is 950. The third-order valence-corrected chi connectivity index (χ3v) is 5.29. The third-order valence-electron chi connectivity index (χ3n) is 5.29. The van der Waals surface area contributed by atoms with Crippen LogP contribution in [0.3, 0.4) is 0 Å². The molecule has 1 saturated heterocycles. The minimum Gasteiger partial charge on any atom is -0.451 e. The summed E-state index contributed by atoms with van der Waals surface area (Å²) in [5.74, 6) is 0.0366. The number of nitrogens with one attached hydrogen (secondary N) is 2. The van der Waals surface area contributed by atoms with E-state index in [1.807, 2.05) is 6.07 Å². The number of halogens is 1. The molecule has 2 aromatic rings. The third kappa shape index (κ3) is 4.81. The molecule has 8 heteroatoms. The molecule has 0 radical (unpaired) electrons. The number of fused-ring (bicyclic) bond motifs is 2. The van der Waals surface area contributed by atoms with E-state index in [2.05, 4.69) is 10.6 Å². The summed E-state index contributed by atoms with van der Waals surface area (Å²) in [6, 6.07) is 10.2. The van der Waals surface area contributed by atoms with Crippen LogP contribution in [0, 0.1) is 30.0 Å². The number of hydrogen-bond donors (Lipinski definition) is 3. The number of rotatable bonds is 4. The Morgan fingerprint density at radius 1 is 1.34 bits per heavy atom. The molecular weight excluding hydrogens is 375 g/mol. The van der Waals surface area contributed by atoms with Crippen LogP contribution in [0.1, 0.15) is 35.4 Å². The first-order valence-electron chi connectivity index (χ1n) is 9.46. The van der Waals surface area contributed by atoms with Gasteiger partial charge in [-0.3, -0.25) is 9.59 Å². The fourth-order valence-electron chi connectivity index (χ4n) is 3.76. The van der Waals surface area contributed by atoms with E-state index < -0.39 is 5.91 Å². The molecule has 1 aromatic heterocycles. The van der Waals surface area contributed by atoms with Crippen molar-refractivity contribution in [2.45, 2.75) is 38.3 Å². The number of hydrogen-bond acceptors (Lipinski definition) is 5. The van der Waals surface area contributed by atoms with Crippen molar-refractivity contribution in [3.63, 3.8) is 0 Å². The molecule has 4 rings (SSSR count). The van der Waals surface area contributed by atoms with E-state index in [1.165, 1.54) is 18.6 Å². The topological polar surface area (TPSA) is 121 Å². The van der Waals surface area contributed by atoms with Crippen LogP contribution in [0.25, 0.3) is 11.3 Å². The summed E-state index contributed by atoms with van der Waals surface area (Å²) in [6.07, 6.45) is 3.49. The highest BCUT2D eigenvalue weighted by Crippen LogP contribution is 2.35. The smallest absolute Gasteiger partial charge is 0.284 e. The predicted octanol–water partition coefficient (Wildman–Crippen LogP) is 2.26. The van der Waals surface area contributed by atoms with E-state index in [4.69, 9.17) is 15.4 Å². The van der Waals surface area contributed by atoms with Gasteiger partial charge in [-0.2, -0.15) is 5.26 Å². The molecule has 2 bridgehead atoms. The standard InChI is InChI=1S/C12H10FNO2.C9H13N3O/c1-7-2-3-8(6-9(7)13)10-4-5-11(16-10)12(14)15;10-3-4-11-9(13)8-6-1-2-7(5-6)12-8/h2-6H,1H3,(H2,14,15);6-8,12H,1-2,4-5H2,(H,11,13). The van der Waals surface area contributed by atoms with Gasteiger partial charge in [-0.1, -0.05) is 12.1 Å². The molecule has 0 spiro atoms. The Kier molecular flexibility index (Phi) is 6.29. The van der Waals surface area contributed by atoms with Gasteiger partial charge >= 0.3 is 0 Å². The molecule has 152 valence electrons. The number of nitrogens with two attached hydrogens (primary N) is 1. The highest BCUT2D eigenvalue weighted by Gasteiger charge is 2.42. The molecule has 2 aliphatic rings. The van der Waals surface area contributed by atoms with E-state index >= 15 is 0 Å². The van der Waals surface area contributed by atoms with Gasteiger partial charge in [0.25, 0.3) is 5.91 Å². The van der Waals surface area contributed by atoms with Crippen LogP contribution in [0.15, 0.2) is 34.7 Å². The minimum absolute atomic E-state index is 0.00579. The highest BCUT2D eigenvalue weighted by molar-refractivity contribution is 5.90. The second kappa shape index (κ2) is 8.88. The molecule has 3 unspecified atom stereocenters. The molecule has 7 nitrogen and oxygen atoms in total. The molecular formula is C21H23FN4O3. The van der Waals surface area contributed by atoms with E-state index in [0.29, 0.717) is 28.8 Å². The van der Waals surface area contributed by atoms with Gasteiger partial charge in [0.05, 0.1) is 12.1 Å². The van der Waals surface area contributed by atoms with Gasteiger partial charge in [-0.15, -0.1) is 0 Å². The Hall–Kier alpha value is -3.18. The quantitative estimate of drug-likeness (QED) is 0.682. The van der Waals surface area contributed by atoms with Crippen molar-refractivity contribution in [3.8, 4) is 17.4 Å². The number of nitriles is 1. The average Bonchev–Trinajstić information content (AvgIpc) is 3.45. The van der Waals surface area contributed by atoms with Crippen molar-refractivity contribution in [2.24, 2.45) is 11.7 Å². The summed E-state index contributed by atoms with van der Waals surface area (Å²) >= 11 is 0. The van der Waals surface area contributed by atoms with Gasteiger partial charge in [-0.05, 0) is 55.9 Å². The van der Waals surface area contributed by atoms with E-state index in [1.54, 1.807) is 25.1 Å². The Morgan fingerprint density at radius 2 is 2.14 bits per heavy atom. The number of benzene rings is 1. The second-order valence-corrected chi connectivity index (χ2v) is 7.28. The summed E-state index contributed by atoms with van der Waals surface area (Å²) in [7, 11) is 0. The zero-order chi connectivity index (χ0) is 21.0. The number of furan rings is 1. The summed E-state index contributed by atoms with van der Waals surface area (Å²) in [4.78, 5) is 22.3. The van der Waals surface area contributed by atoms with Crippen LogP contribution in [0.2, 0.25) is 0 Å². The molecule has 1 saturated carbocycles. The van der Waals surface area contributed by atoms with Gasteiger partial charge in [-0.25, -0.2) is 4.39 Å². The number of piperidine rings is 1. The Morgan fingerprint density at radius 3 is 2.69 bits per heavy atom. The van der Waals surface area contributed by atoms with Crippen molar-refractivity contribution < 1.29 is 18.4 Å². The van der Waals surface area contributed by atoms with Crippen LogP contribution < -0.4 is 16.4 Å². The van der Waals surface area contributed by atoms with Crippen LogP contribution in [0.5, 0.6) is 0 Å². The molecule has 1 aromatic carbocycles. The molecule has 2 fully saturated rings. The van der Waals surface area contributed by atoms with Gasteiger partial charge in [0, 0.05) is 11.6 Å². The van der Waals surface area contributed by atoms with Crippen molar-refractivity contribution in [2.75, 3.05) is 6.54 Å². The maximum Gasteiger partial charge on any atom is 0.284 e. The molecule has 3 atom stereocenters. The number of primary amides is 1. The summed E-state index contributed by atoms with van der Waals surface area (Å²) in [5.41, 5.74) is 6.19. The summed E-state index contributed by atoms with van der Waals surface area (Å²) in [5, 5.41) is 14.2. The number of carbonyl (C=O) groups excluding carboxylic acids is 2. The van der Waals surface area contributed by atoms with Crippen molar-refractivity contribution in [1.82, 2.24) is 10.6 Å². The maximum absolute atomic E-state index is 13.3. The van der Waals surface area contributed by atoms with E-state index in [0.717, 1.165) is 12.8 Å². The molecule has 2 amide bonds. The van der Waals surface area contributed by atoms with Crippen molar-refractivity contribution in [1.29, 1.82) is 5.26 Å². The van der Waals surface area contributed by atoms with Crippen LogP contribution in [0.4, 0.5) is 4.39 Å². The molecule has 4 N–H and O–H groups in total. The Labute approximate surface area is 168 Å². The second-order valence-electron chi connectivity index (χ2n) is 7.28. The number of carbonyl (C=O) groups is 2. The first kappa shape index (κ1) is 20.6. The van der Waals surface area contributed by atoms with Gasteiger partial charge in [0.15, 0.2) is 5.76 Å². The number of nitrogens with zero attached hydrogens (tertiary/aromatic N) is 1. The van der Waals surface area contributed by atoms with Crippen molar-refractivity contribution >= 4 is 11.8 Å². The monoisotopic (exact) mass is 398 g/mol. The van der Waals surface area contributed by atoms with Gasteiger partial charge in [0.1, 0.15) is 18.1 Å². The normalized spacial score (nSPS) is 21.8. The minimum atomic E-state index is -0.640. The largest absolute Gasteiger partial charge is 0.451 e. The SMILES string of the molecule is Cc1ccc(-c2ccc(C(N)=O)o2)cc1F.N#CCNC(=O)C1NC2CCC1C2. The molecule has 2 heterocycles. The highest BCUT2D eigenvalue weighted by atomic mass is 19.1. The Balaban J connectivity index is 0.000000169. The molecule has 1 aliphatic heterocycles. The zero-order valence-electron chi connectivity index (χ0n) is 16.1. The van der Waals surface area contributed by atoms with Crippen LogP contribution in [-0.4, -0.2) is 30.4 Å². The lowest BCUT2D eigenvalue weighted by Crippen LogP contribution is -2.47. The van der Waals surface area contributed by atoms with Crippen LogP contribution >= 0.6 is 0 Å². The average molecular weight is 398 g/mol. The molecule has 29 heavy (non-hydrogen) atoms. The number of aryl methyl sites for hydroxylation is 1. The van der Waals surface area contributed by atoms with E-state index in [-0.39, 0.29) is 30.1 Å².